The minimum atomic E-state index is -0.455. The third-order valence-corrected chi connectivity index (χ3v) is 3.39. The van der Waals surface area contributed by atoms with Gasteiger partial charge in [0.15, 0.2) is 0 Å². The zero-order valence-electron chi connectivity index (χ0n) is 11.2. The van der Waals surface area contributed by atoms with E-state index in [0.717, 1.165) is 5.56 Å². The minimum absolute atomic E-state index is 0.0354. The van der Waals surface area contributed by atoms with Gasteiger partial charge in [0.1, 0.15) is 5.69 Å². The monoisotopic (exact) mass is 279 g/mol. The first-order chi connectivity index (χ1) is 9.55. The van der Waals surface area contributed by atoms with Gasteiger partial charge >= 0.3 is 0 Å². The van der Waals surface area contributed by atoms with Crippen molar-refractivity contribution in [2.75, 3.05) is 17.2 Å². The molecule has 0 radical (unpaired) electrons. The summed E-state index contributed by atoms with van der Waals surface area (Å²) < 4.78 is 0. The normalized spacial score (nSPS) is 15.2. The van der Waals surface area contributed by atoms with Crippen molar-refractivity contribution in [2.45, 2.75) is 32.2 Å². The number of aliphatic hydroxyl groups is 1. The lowest BCUT2D eigenvalue weighted by atomic mass is 10.0. The second-order valence-corrected chi connectivity index (χ2v) is 4.76. The Morgan fingerprint density at radius 2 is 2.25 bits per heavy atom. The van der Waals surface area contributed by atoms with Gasteiger partial charge in [0, 0.05) is 24.2 Å². The van der Waals surface area contributed by atoms with Crippen LogP contribution in [0.5, 0.6) is 0 Å². The predicted molar refractivity (Wildman–Crippen MR) is 74.8 cm³/mol. The van der Waals surface area contributed by atoms with Crippen molar-refractivity contribution >= 4 is 23.0 Å². The molecule has 1 heterocycles. The number of hydrogen-bond donors (Lipinski definition) is 3. The topological polar surface area (TPSA) is 104 Å². The summed E-state index contributed by atoms with van der Waals surface area (Å²) in [6.07, 6.45) is 1.47. The Bertz CT molecular complexity index is 541. The molecule has 20 heavy (non-hydrogen) atoms. The molecule has 0 saturated carbocycles. The van der Waals surface area contributed by atoms with Gasteiger partial charge in [-0.2, -0.15) is 0 Å². The highest BCUT2D eigenvalue weighted by Crippen LogP contribution is 2.34. The van der Waals surface area contributed by atoms with E-state index in [4.69, 9.17) is 0 Å². The molecule has 1 aliphatic rings. The summed E-state index contributed by atoms with van der Waals surface area (Å²) in [4.78, 5) is 22.1. The van der Waals surface area contributed by atoms with Crippen LogP contribution in [-0.2, 0) is 11.2 Å². The zero-order chi connectivity index (χ0) is 14.7. The van der Waals surface area contributed by atoms with Gasteiger partial charge in [0.25, 0.3) is 5.69 Å². The molecular weight excluding hydrogens is 262 g/mol. The Morgan fingerprint density at radius 1 is 1.50 bits per heavy atom. The summed E-state index contributed by atoms with van der Waals surface area (Å²) in [5, 5.41) is 26.0. The summed E-state index contributed by atoms with van der Waals surface area (Å²) in [6, 6.07) is 2.80. The summed E-state index contributed by atoms with van der Waals surface area (Å²) >= 11 is 0. The SMILES string of the molecule is CCC(CO)Nc1cc2c(cc1[N+](=O)[O-])CCC(=O)N2. The van der Waals surface area contributed by atoms with Crippen molar-refractivity contribution in [2.24, 2.45) is 0 Å². The molecule has 1 aliphatic heterocycles. The summed E-state index contributed by atoms with van der Waals surface area (Å²) in [6.45, 7) is 1.76. The van der Waals surface area contributed by atoms with Crippen LogP contribution in [0.3, 0.4) is 0 Å². The zero-order valence-corrected chi connectivity index (χ0v) is 11.2. The fraction of sp³-hybridized carbons (Fsp3) is 0.462. The molecule has 0 saturated heterocycles. The molecule has 0 aromatic heterocycles. The number of nitro groups is 1. The van der Waals surface area contributed by atoms with Gasteiger partial charge in [-0.15, -0.1) is 0 Å². The van der Waals surface area contributed by atoms with Crippen molar-refractivity contribution in [3.05, 3.63) is 27.8 Å². The summed E-state index contributed by atoms with van der Waals surface area (Å²) in [5.41, 5.74) is 1.64. The molecule has 1 atom stereocenters. The van der Waals surface area contributed by atoms with Gasteiger partial charge in [-0.25, -0.2) is 0 Å². The Labute approximate surface area is 116 Å². The van der Waals surface area contributed by atoms with Gasteiger partial charge in [-0.05, 0) is 24.5 Å². The maximum atomic E-state index is 11.4. The van der Waals surface area contributed by atoms with Gasteiger partial charge in [-0.3, -0.25) is 14.9 Å². The number of nitro benzene ring substituents is 1. The van der Waals surface area contributed by atoms with E-state index in [1.54, 1.807) is 6.07 Å². The number of amides is 1. The molecule has 2 rings (SSSR count). The Hall–Kier alpha value is -2.15. The van der Waals surface area contributed by atoms with Crippen LogP contribution in [0, 0.1) is 10.1 Å². The van der Waals surface area contributed by atoms with Gasteiger partial charge < -0.3 is 15.7 Å². The van der Waals surface area contributed by atoms with Crippen LogP contribution in [0.25, 0.3) is 0 Å². The lowest BCUT2D eigenvalue weighted by Crippen LogP contribution is -2.24. The number of carbonyl (C=O) groups excluding carboxylic acids is 1. The number of benzene rings is 1. The third-order valence-electron chi connectivity index (χ3n) is 3.39. The first kappa shape index (κ1) is 14.3. The summed E-state index contributed by atoms with van der Waals surface area (Å²) in [7, 11) is 0. The number of rotatable bonds is 5. The standard InChI is InChI=1S/C13H17N3O4/c1-2-9(7-17)14-11-6-10-8(3-4-13(18)15-10)5-12(11)16(19)20/h5-6,9,14,17H,2-4,7H2,1H3,(H,15,18). The maximum Gasteiger partial charge on any atom is 0.292 e. The second-order valence-electron chi connectivity index (χ2n) is 4.76. The number of fused-ring (bicyclic) bond motifs is 1. The van der Waals surface area contributed by atoms with Crippen LogP contribution in [0.2, 0.25) is 0 Å². The molecule has 1 unspecified atom stereocenters. The van der Waals surface area contributed by atoms with Gasteiger partial charge in [0.2, 0.25) is 5.91 Å². The van der Waals surface area contributed by atoms with Gasteiger partial charge in [-0.1, -0.05) is 6.92 Å². The lowest BCUT2D eigenvalue weighted by Gasteiger charge is -2.20. The maximum absolute atomic E-state index is 11.4. The molecular formula is C13H17N3O4. The molecule has 0 bridgehead atoms. The number of aliphatic hydroxyl groups excluding tert-OH is 1. The Kier molecular flexibility index (Phi) is 4.19. The van der Waals surface area contributed by atoms with Gasteiger partial charge in [0.05, 0.1) is 11.5 Å². The fourth-order valence-corrected chi connectivity index (χ4v) is 2.18. The van der Waals surface area contributed by atoms with E-state index >= 15 is 0 Å². The Balaban J connectivity index is 2.40. The lowest BCUT2D eigenvalue weighted by molar-refractivity contribution is -0.384. The van der Waals surface area contributed by atoms with E-state index in [1.807, 2.05) is 6.92 Å². The van der Waals surface area contributed by atoms with Crippen molar-refractivity contribution < 1.29 is 14.8 Å². The highest BCUT2D eigenvalue weighted by Gasteiger charge is 2.23. The highest BCUT2D eigenvalue weighted by molar-refractivity contribution is 5.95. The first-order valence-corrected chi connectivity index (χ1v) is 6.53. The molecule has 1 amide bonds. The van der Waals surface area contributed by atoms with Crippen LogP contribution in [0.4, 0.5) is 17.1 Å². The predicted octanol–water partition coefficient (Wildman–Crippen LogP) is 1.66. The van der Waals surface area contributed by atoms with E-state index in [-0.39, 0.29) is 24.2 Å². The molecule has 1 aromatic carbocycles. The fourth-order valence-electron chi connectivity index (χ4n) is 2.18. The van der Waals surface area contributed by atoms with Crippen molar-refractivity contribution in [1.82, 2.24) is 0 Å². The van der Waals surface area contributed by atoms with E-state index in [0.29, 0.717) is 30.6 Å². The van der Waals surface area contributed by atoms with E-state index in [9.17, 15) is 20.0 Å². The second kappa shape index (κ2) is 5.87. The Morgan fingerprint density at radius 3 is 2.85 bits per heavy atom. The van der Waals surface area contributed by atoms with Crippen LogP contribution >= 0.6 is 0 Å². The molecule has 108 valence electrons. The number of nitrogens with zero attached hydrogens (tertiary/aromatic N) is 1. The quantitative estimate of drug-likeness (QED) is 0.561. The largest absolute Gasteiger partial charge is 0.394 e. The van der Waals surface area contributed by atoms with Crippen LogP contribution in [0.15, 0.2) is 12.1 Å². The molecule has 7 nitrogen and oxygen atoms in total. The molecule has 7 heteroatoms. The molecule has 0 fully saturated rings. The first-order valence-electron chi connectivity index (χ1n) is 6.53. The molecule has 0 aliphatic carbocycles. The van der Waals surface area contributed by atoms with Crippen LogP contribution in [-0.4, -0.2) is 28.6 Å². The number of aryl methyl sites for hydroxylation is 1. The van der Waals surface area contributed by atoms with Crippen molar-refractivity contribution in [1.29, 1.82) is 0 Å². The smallest absolute Gasteiger partial charge is 0.292 e. The van der Waals surface area contributed by atoms with E-state index in [2.05, 4.69) is 10.6 Å². The van der Waals surface area contributed by atoms with E-state index in [1.165, 1.54) is 6.07 Å². The van der Waals surface area contributed by atoms with Crippen LogP contribution in [0.1, 0.15) is 25.3 Å². The number of anilines is 2. The average Bonchev–Trinajstić information content (AvgIpc) is 2.43. The number of nitrogens with one attached hydrogen (secondary N) is 2. The highest BCUT2D eigenvalue weighted by atomic mass is 16.6. The molecule has 3 N–H and O–H groups in total. The van der Waals surface area contributed by atoms with E-state index < -0.39 is 4.92 Å². The third kappa shape index (κ3) is 2.88. The average molecular weight is 279 g/mol. The van der Waals surface area contributed by atoms with Crippen molar-refractivity contribution in [3.8, 4) is 0 Å². The molecule has 0 spiro atoms. The minimum Gasteiger partial charge on any atom is -0.394 e. The summed E-state index contributed by atoms with van der Waals surface area (Å²) in [5.74, 6) is -0.0912. The van der Waals surface area contributed by atoms with Crippen molar-refractivity contribution in [3.63, 3.8) is 0 Å². The van der Waals surface area contributed by atoms with Crippen LogP contribution < -0.4 is 10.6 Å². The number of carbonyl (C=O) groups is 1. The molecule has 1 aromatic rings. The number of hydrogen-bond acceptors (Lipinski definition) is 5.